The molecule has 3 nitrogen and oxygen atoms in total. The highest BCUT2D eigenvalue weighted by Gasteiger charge is 2.31. The summed E-state index contributed by atoms with van der Waals surface area (Å²) in [6.45, 7) is 4.78. The van der Waals surface area contributed by atoms with Gasteiger partial charge in [0.05, 0.1) is 18.6 Å². The van der Waals surface area contributed by atoms with E-state index in [0.29, 0.717) is 12.1 Å². The van der Waals surface area contributed by atoms with E-state index in [1.807, 2.05) is 60.7 Å². The predicted molar refractivity (Wildman–Crippen MR) is 148 cm³/mol. The van der Waals surface area contributed by atoms with Gasteiger partial charge in [0, 0.05) is 18.6 Å². The monoisotopic (exact) mass is 531 g/mol. The summed E-state index contributed by atoms with van der Waals surface area (Å²) in [5.41, 5.74) is 3.87. The van der Waals surface area contributed by atoms with Crippen molar-refractivity contribution in [3.8, 4) is 11.1 Å². The van der Waals surface area contributed by atoms with Crippen LogP contribution in [0.5, 0.6) is 0 Å². The van der Waals surface area contributed by atoms with Crippen molar-refractivity contribution < 1.29 is 22.7 Å². The van der Waals surface area contributed by atoms with E-state index in [9.17, 15) is 18.0 Å². The summed E-state index contributed by atoms with van der Waals surface area (Å²) in [6.07, 6.45) is -4.26. The highest BCUT2D eigenvalue weighted by molar-refractivity contribution is 5.71. The lowest BCUT2D eigenvalue weighted by Crippen LogP contribution is -2.33. The second-order valence-corrected chi connectivity index (χ2v) is 9.47. The Bertz CT molecular complexity index is 1340. The van der Waals surface area contributed by atoms with Gasteiger partial charge in [-0.3, -0.25) is 9.69 Å². The Balaban J connectivity index is 1.76. The highest BCUT2D eigenvalue weighted by atomic mass is 19.4. The molecule has 202 valence electrons. The summed E-state index contributed by atoms with van der Waals surface area (Å²) in [5.74, 6) is -0.305. The largest absolute Gasteiger partial charge is 0.466 e. The minimum absolute atomic E-state index is 0.0412. The van der Waals surface area contributed by atoms with Crippen LogP contribution in [0.15, 0.2) is 109 Å². The molecular formula is C33H32F3NO2. The number of ether oxygens (including phenoxy) is 1. The van der Waals surface area contributed by atoms with E-state index in [2.05, 4.69) is 36.1 Å². The Labute approximate surface area is 227 Å². The van der Waals surface area contributed by atoms with Gasteiger partial charge in [-0.15, -0.1) is 0 Å². The molecule has 0 unspecified atom stereocenters. The Morgan fingerprint density at radius 1 is 0.795 bits per heavy atom. The molecule has 0 bridgehead atoms. The maximum atomic E-state index is 13.1. The third kappa shape index (κ3) is 7.36. The van der Waals surface area contributed by atoms with Gasteiger partial charge in [0.25, 0.3) is 0 Å². The topological polar surface area (TPSA) is 29.5 Å². The molecule has 6 heteroatoms. The Morgan fingerprint density at radius 2 is 1.41 bits per heavy atom. The van der Waals surface area contributed by atoms with Gasteiger partial charge in [-0.05, 0) is 59.9 Å². The minimum Gasteiger partial charge on any atom is -0.466 e. The zero-order valence-corrected chi connectivity index (χ0v) is 22.1. The van der Waals surface area contributed by atoms with Crippen LogP contribution in [0.1, 0.15) is 54.6 Å². The van der Waals surface area contributed by atoms with E-state index in [1.165, 1.54) is 12.1 Å². The van der Waals surface area contributed by atoms with Gasteiger partial charge in [0.2, 0.25) is 0 Å². The lowest BCUT2D eigenvalue weighted by atomic mass is 9.93. The van der Waals surface area contributed by atoms with E-state index in [0.717, 1.165) is 34.4 Å². The highest BCUT2D eigenvalue weighted by Crippen LogP contribution is 2.37. The van der Waals surface area contributed by atoms with Crippen LogP contribution in [0.25, 0.3) is 11.1 Å². The Hall–Kier alpha value is -3.90. The molecule has 0 N–H and O–H groups in total. The standard InChI is InChI=1S/C33H32F3NO2/c1-3-39-32(38)22-31(29-16-10-15-28(21-29)27-17-19-30(20-18-27)33(34,35)36)37(23-25-11-6-4-7-12-25)24(2)26-13-8-5-9-14-26/h4-21,24,31H,3,22-23H2,1-2H3/t24-,31+/m1/s1. The fourth-order valence-corrected chi connectivity index (χ4v) is 4.82. The number of hydrogen-bond acceptors (Lipinski definition) is 3. The summed E-state index contributed by atoms with van der Waals surface area (Å²) < 4.78 is 44.7. The molecule has 2 atom stereocenters. The van der Waals surface area contributed by atoms with Crippen molar-refractivity contribution in [2.75, 3.05) is 6.61 Å². The first-order valence-electron chi connectivity index (χ1n) is 13.0. The summed E-state index contributed by atoms with van der Waals surface area (Å²) in [6, 6.07) is 32.6. The number of alkyl halides is 3. The first-order valence-corrected chi connectivity index (χ1v) is 13.0. The quantitative estimate of drug-likeness (QED) is 0.192. The van der Waals surface area contributed by atoms with E-state index in [1.54, 1.807) is 6.92 Å². The fraction of sp³-hybridized carbons (Fsp3) is 0.242. The van der Waals surface area contributed by atoms with Gasteiger partial charge >= 0.3 is 12.1 Å². The molecule has 0 spiro atoms. The van der Waals surface area contributed by atoms with Crippen molar-refractivity contribution in [1.29, 1.82) is 0 Å². The van der Waals surface area contributed by atoms with Crippen LogP contribution in [-0.4, -0.2) is 17.5 Å². The molecule has 0 aliphatic rings. The lowest BCUT2D eigenvalue weighted by molar-refractivity contribution is -0.145. The van der Waals surface area contributed by atoms with Gasteiger partial charge < -0.3 is 4.74 Å². The number of carbonyl (C=O) groups is 1. The molecule has 0 amide bonds. The molecule has 0 saturated heterocycles. The molecule has 0 aromatic heterocycles. The molecule has 4 aromatic rings. The lowest BCUT2D eigenvalue weighted by Gasteiger charge is -2.37. The average molecular weight is 532 g/mol. The molecule has 39 heavy (non-hydrogen) atoms. The number of nitrogens with zero attached hydrogens (tertiary/aromatic N) is 1. The first-order chi connectivity index (χ1) is 18.8. The van der Waals surface area contributed by atoms with Crippen molar-refractivity contribution in [3.05, 3.63) is 131 Å². The van der Waals surface area contributed by atoms with E-state index < -0.39 is 11.7 Å². The second kappa shape index (κ2) is 12.8. The number of rotatable bonds is 10. The first kappa shape index (κ1) is 28.1. The van der Waals surface area contributed by atoms with Crippen molar-refractivity contribution in [2.45, 2.75) is 45.1 Å². The van der Waals surface area contributed by atoms with Crippen molar-refractivity contribution in [3.63, 3.8) is 0 Å². The van der Waals surface area contributed by atoms with Gasteiger partial charge in [-0.2, -0.15) is 13.2 Å². The zero-order chi connectivity index (χ0) is 27.8. The summed E-state index contributed by atoms with van der Waals surface area (Å²) in [4.78, 5) is 15.2. The average Bonchev–Trinajstić information content (AvgIpc) is 2.95. The molecule has 0 aliphatic heterocycles. The van der Waals surface area contributed by atoms with E-state index >= 15 is 0 Å². The third-order valence-electron chi connectivity index (χ3n) is 6.87. The normalized spacial score (nSPS) is 13.2. The van der Waals surface area contributed by atoms with E-state index in [-0.39, 0.29) is 31.1 Å². The number of benzene rings is 4. The summed E-state index contributed by atoms with van der Waals surface area (Å²) >= 11 is 0. The second-order valence-electron chi connectivity index (χ2n) is 9.47. The Morgan fingerprint density at radius 3 is 2.03 bits per heavy atom. The number of esters is 1. The smallest absolute Gasteiger partial charge is 0.416 e. The summed E-state index contributed by atoms with van der Waals surface area (Å²) in [7, 11) is 0. The molecule has 0 fully saturated rings. The minimum atomic E-state index is -4.39. The van der Waals surface area contributed by atoms with Crippen LogP contribution in [0, 0.1) is 0 Å². The van der Waals surface area contributed by atoms with Crippen LogP contribution in [0.3, 0.4) is 0 Å². The van der Waals surface area contributed by atoms with E-state index in [4.69, 9.17) is 4.74 Å². The van der Waals surface area contributed by atoms with Crippen molar-refractivity contribution in [1.82, 2.24) is 4.90 Å². The Kier molecular flexibility index (Phi) is 9.20. The molecule has 0 aliphatic carbocycles. The third-order valence-corrected chi connectivity index (χ3v) is 6.87. The number of carbonyl (C=O) groups excluding carboxylic acids is 1. The molecule has 0 saturated carbocycles. The maximum absolute atomic E-state index is 13.1. The molecule has 4 rings (SSSR count). The molecule has 0 heterocycles. The van der Waals surface area contributed by atoms with Gasteiger partial charge in [0.15, 0.2) is 0 Å². The molecule has 4 aromatic carbocycles. The predicted octanol–water partition coefficient (Wildman–Crippen LogP) is 8.63. The number of halogens is 3. The van der Waals surface area contributed by atoms with Crippen LogP contribution in [0.4, 0.5) is 13.2 Å². The van der Waals surface area contributed by atoms with Crippen LogP contribution in [-0.2, 0) is 22.3 Å². The van der Waals surface area contributed by atoms with Gasteiger partial charge in [0.1, 0.15) is 0 Å². The van der Waals surface area contributed by atoms with Crippen molar-refractivity contribution >= 4 is 5.97 Å². The fourth-order valence-electron chi connectivity index (χ4n) is 4.82. The summed E-state index contributed by atoms with van der Waals surface area (Å²) in [5, 5.41) is 0. The zero-order valence-electron chi connectivity index (χ0n) is 22.1. The number of hydrogen-bond donors (Lipinski definition) is 0. The molecular weight excluding hydrogens is 499 g/mol. The van der Waals surface area contributed by atoms with Crippen LogP contribution >= 0.6 is 0 Å². The maximum Gasteiger partial charge on any atom is 0.416 e. The van der Waals surface area contributed by atoms with Crippen molar-refractivity contribution in [2.24, 2.45) is 0 Å². The SMILES string of the molecule is CCOC(=O)C[C@@H](c1cccc(-c2ccc(C(F)(F)F)cc2)c1)N(Cc1ccccc1)[C@H](C)c1ccccc1. The van der Waals surface area contributed by atoms with Crippen LogP contribution in [0.2, 0.25) is 0 Å². The van der Waals surface area contributed by atoms with Crippen LogP contribution < -0.4 is 0 Å². The van der Waals surface area contributed by atoms with Gasteiger partial charge in [-0.25, -0.2) is 0 Å². The molecule has 0 radical (unpaired) electrons. The van der Waals surface area contributed by atoms with Gasteiger partial charge in [-0.1, -0.05) is 91.0 Å².